The Morgan fingerprint density at radius 3 is 2.59 bits per heavy atom. The number of hydrogen-bond donors (Lipinski definition) is 1. The Hall–Kier alpha value is -2.99. The number of rotatable bonds is 0. The fraction of sp³-hybridized carbons (Fsp3) is 0.0625. The maximum Gasteiger partial charge on any atom is 0.270 e. The quantitative estimate of drug-likeness (QED) is 0.499. The predicted molar refractivity (Wildman–Crippen MR) is 81.4 cm³/mol. The summed E-state index contributed by atoms with van der Waals surface area (Å²) in [5.74, 6) is 5.95. The third-order valence-electron chi connectivity index (χ3n) is 3.79. The average Bonchev–Trinajstić information content (AvgIpc) is 2.64. The molecule has 0 bridgehead atoms. The highest BCUT2D eigenvalue weighted by Gasteiger charge is 2.26. The second-order valence-electron chi connectivity index (χ2n) is 5.14. The van der Waals surface area contributed by atoms with E-state index in [9.17, 15) is 9.59 Å². The second kappa shape index (κ2) is 4.51. The van der Waals surface area contributed by atoms with Crippen LogP contribution in [0.15, 0.2) is 53.3 Å². The number of fused-ring (bicyclic) bond motifs is 4. The van der Waals surface area contributed by atoms with Crippen LogP contribution >= 0.6 is 0 Å². The van der Waals surface area contributed by atoms with Gasteiger partial charge in [-0.25, -0.2) is 10.8 Å². The van der Waals surface area contributed by atoms with Crippen LogP contribution in [0.2, 0.25) is 0 Å². The minimum atomic E-state index is -0.329. The van der Waals surface area contributed by atoms with E-state index in [1.807, 2.05) is 6.07 Å². The molecule has 0 radical (unpaired) electrons. The fourth-order valence-electron chi connectivity index (χ4n) is 2.76. The first kappa shape index (κ1) is 12.7. The van der Waals surface area contributed by atoms with Gasteiger partial charge < -0.3 is 0 Å². The van der Waals surface area contributed by atoms with Gasteiger partial charge in [-0.2, -0.15) is 0 Å². The minimum absolute atomic E-state index is 0.0770. The van der Waals surface area contributed by atoms with Crippen LogP contribution in [0.25, 0.3) is 16.6 Å². The summed E-state index contributed by atoms with van der Waals surface area (Å²) in [6, 6.07) is 14.0. The van der Waals surface area contributed by atoms with Crippen molar-refractivity contribution >= 4 is 16.8 Å². The van der Waals surface area contributed by atoms with Crippen molar-refractivity contribution in [3.63, 3.8) is 0 Å². The molecule has 0 aliphatic carbocycles. The van der Waals surface area contributed by atoms with Gasteiger partial charge in [0.1, 0.15) is 5.82 Å². The second-order valence-corrected chi connectivity index (χ2v) is 5.14. The van der Waals surface area contributed by atoms with Crippen molar-refractivity contribution in [1.82, 2.24) is 14.6 Å². The zero-order valence-electron chi connectivity index (χ0n) is 11.6. The molecule has 4 rings (SSSR count). The van der Waals surface area contributed by atoms with E-state index in [2.05, 4.69) is 4.98 Å². The van der Waals surface area contributed by atoms with Crippen LogP contribution in [0.1, 0.15) is 16.2 Å². The number of benzene rings is 2. The van der Waals surface area contributed by atoms with Crippen LogP contribution in [0.4, 0.5) is 0 Å². The summed E-state index contributed by atoms with van der Waals surface area (Å²) in [5.41, 5.74) is 1.30. The fourth-order valence-corrected chi connectivity index (χ4v) is 2.76. The Kier molecular flexibility index (Phi) is 2.61. The standard InChI is InChI=1S/C16H12N4O2/c17-19-9-14-18-12-7-3-1-5-10(12)16(22)20(14)13-8-4-2-6-11(13)15(19)21/h1-8H,9,17H2. The number of hydrazine groups is 1. The molecule has 2 heterocycles. The molecular formula is C16H12N4O2. The van der Waals surface area contributed by atoms with Crippen LogP contribution in [0.3, 0.4) is 0 Å². The molecule has 0 unspecified atom stereocenters. The maximum atomic E-state index is 12.9. The van der Waals surface area contributed by atoms with Gasteiger partial charge in [-0.1, -0.05) is 24.3 Å². The molecule has 2 N–H and O–H groups in total. The molecule has 3 aromatic rings. The van der Waals surface area contributed by atoms with E-state index in [4.69, 9.17) is 5.84 Å². The lowest BCUT2D eigenvalue weighted by molar-refractivity contribution is 0.0744. The molecule has 6 nitrogen and oxygen atoms in total. The highest BCUT2D eigenvalue weighted by atomic mass is 16.2. The number of carbonyl (C=O) groups is 1. The Balaban J connectivity index is 2.17. The zero-order valence-corrected chi connectivity index (χ0v) is 11.6. The molecule has 22 heavy (non-hydrogen) atoms. The molecular weight excluding hydrogens is 280 g/mol. The Morgan fingerprint density at radius 1 is 1.00 bits per heavy atom. The van der Waals surface area contributed by atoms with E-state index >= 15 is 0 Å². The molecule has 2 aromatic carbocycles. The highest BCUT2D eigenvalue weighted by Crippen LogP contribution is 2.21. The number of carbonyl (C=O) groups excluding carboxylic acids is 1. The van der Waals surface area contributed by atoms with Gasteiger partial charge in [0.05, 0.1) is 28.7 Å². The SMILES string of the molecule is NN1Cc2nc3ccccc3c(=O)n2-c2ccccc2C1=O. The monoisotopic (exact) mass is 292 g/mol. The number of amides is 1. The Bertz CT molecular complexity index is 977. The molecule has 0 spiro atoms. The van der Waals surface area contributed by atoms with E-state index in [0.717, 1.165) is 5.01 Å². The Labute approximate surface area is 125 Å². The Morgan fingerprint density at radius 2 is 1.73 bits per heavy atom. The summed E-state index contributed by atoms with van der Waals surface area (Å²) in [5, 5.41) is 1.60. The molecule has 0 saturated heterocycles. The van der Waals surface area contributed by atoms with Gasteiger partial charge in [0.2, 0.25) is 0 Å². The highest BCUT2D eigenvalue weighted by molar-refractivity contribution is 5.98. The molecule has 6 heteroatoms. The topological polar surface area (TPSA) is 81.2 Å². The summed E-state index contributed by atoms with van der Waals surface area (Å²) in [4.78, 5) is 29.7. The predicted octanol–water partition coefficient (Wildman–Crippen LogP) is 1.22. The average molecular weight is 292 g/mol. The van der Waals surface area contributed by atoms with E-state index < -0.39 is 0 Å². The van der Waals surface area contributed by atoms with Gasteiger partial charge in [0.25, 0.3) is 11.5 Å². The molecule has 1 aliphatic rings. The molecule has 1 aliphatic heterocycles. The van der Waals surface area contributed by atoms with E-state index in [0.29, 0.717) is 28.0 Å². The minimum Gasteiger partial charge on any atom is -0.269 e. The van der Waals surface area contributed by atoms with E-state index in [-0.39, 0.29) is 18.0 Å². The van der Waals surface area contributed by atoms with Crippen LogP contribution in [0.5, 0.6) is 0 Å². The van der Waals surface area contributed by atoms with Crippen LogP contribution in [-0.2, 0) is 6.54 Å². The van der Waals surface area contributed by atoms with Crippen LogP contribution < -0.4 is 11.4 Å². The number of hydrogen-bond acceptors (Lipinski definition) is 4. The number of nitrogens with two attached hydrogens (primary N) is 1. The van der Waals surface area contributed by atoms with Crippen molar-refractivity contribution in [2.45, 2.75) is 6.54 Å². The number of nitrogens with zero attached hydrogens (tertiary/aromatic N) is 3. The maximum absolute atomic E-state index is 12.9. The third kappa shape index (κ3) is 1.68. The smallest absolute Gasteiger partial charge is 0.269 e. The molecule has 0 fully saturated rings. The van der Waals surface area contributed by atoms with Gasteiger partial charge in [0.15, 0.2) is 0 Å². The third-order valence-corrected chi connectivity index (χ3v) is 3.79. The zero-order chi connectivity index (χ0) is 15.3. The van der Waals surface area contributed by atoms with Crippen molar-refractivity contribution in [1.29, 1.82) is 0 Å². The van der Waals surface area contributed by atoms with Gasteiger partial charge in [-0.05, 0) is 24.3 Å². The van der Waals surface area contributed by atoms with Crippen molar-refractivity contribution < 1.29 is 4.79 Å². The molecule has 108 valence electrons. The summed E-state index contributed by atoms with van der Waals surface area (Å²) in [6.07, 6.45) is 0. The first-order valence-corrected chi connectivity index (χ1v) is 6.83. The number of para-hydroxylation sites is 2. The molecule has 0 saturated carbocycles. The summed E-state index contributed by atoms with van der Waals surface area (Å²) in [7, 11) is 0. The van der Waals surface area contributed by atoms with Crippen molar-refractivity contribution in [3.05, 3.63) is 70.3 Å². The van der Waals surface area contributed by atoms with Crippen molar-refractivity contribution in [3.8, 4) is 5.69 Å². The van der Waals surface area contributed by atoms with Crippen molar-refractivity contribution in [2.24, 2.45) is 5.84 Å². The molecule has 1 aromatic heterocycles. The van der Waals surface area contributed by atoms with Crippen LogP contribution in [-0.4, -0.2) is 20.5 Å². The summed E-state index contributed by atoms with van der Waals surface area (Å²) >= 11 is 0. The lowest BCUT2D eigenvalue weighted by Gasteiger charge is -2.13. The van der Waals surface area contributed by atoms with E-state index in [1.54, 1.807) is 42.5 Å². The lowest BCUT2D eigenvalue weighted by Crippen LogP contribution is -2.36. The first-order chi connectivity index (χ1) is 10.7. The van der Waals surface area contributed by atoms with Gasteiger partial charge in [0, 0.05) is 0 Å². The van der Waals surface area contributed by atoms with Crippen molar-refractivity contribution in [2.75, 3.05) is 0 Å². The van der Waals surface area contributed by atoms with Gasteiger partial charge in [-0.3, -0.25) is 19.2 Å². The number of aromatic nitrogens is 2. The normalized spacial score (nSPS) is 13.7. The largest absolute Gasteiger partial charge is 0.270 e. The van der Waals surface area contributed by atoms with E-state index in [1.165, 1.54) is 4.57 Å². The first-order valence-electron chi connectivity index (χ1n) is 6.83. The lowest BCUT2D eigenvalue weighted by atomic mass is 10.1. The van der Waals surface area contributed by atoms with Gasteiger partial charge in [-0.15, -0.1) is 0 Å². The van der Waals surface area contributed by atoms with Crippen LogP contribution in [0, 0.1) is 0 Å². The summed E-state index contributed by atoms with van der Waals surface area (Å²) < 4.78 is 1.47. The van der Waals surface area contributed by atoms with Gasteiger partial charge >= 0.3 is 0 Å². The summed E-state index contributed by atoms with van der Waals surface area (Å²) in [6.45, 7) is 0.0770. The molecule has 0 atom stereocenters. The molecule has 1 amide bonds.